The maximum absolute atomic E-state index is 11.2. The third-order valence-electron chi connectivity index (χ3n) is 2.23. The molecule has 1 aromatic carbocycles. The van der Waals surface area contributed by atoms with Gasteiger partial charge in [0.1, 0.15) is 5.75 Å². The first-order chi connectivity index (χ1) is 7.51. The molecule has 0 N–H and O–H groups in total. The molecule has 0 saturated carbocycles. The smallest absolute Gasteiger partial charge is 0.329 e. The number of hydrogen-bond acceptors (Lipinski definition) is 3. The lowest BCUT2D eigenvalue weighted by Gasteiger charge is -2.17. The summed E-state index contributed by atoms with van der Waals surface area (Å²) in [6.45, 7) is 1.81. The molecule has 1 amide bonds. The van der Waals surface area contributed by atoms with Crippen LogP contribution >= 0.6 is 11.6 Å². The molecule has 0 aliphatic rings. The van der Waals surface area contributed by atoms with Gasteiger partial charge >= 0.3 is 5.91 Å². The van der Waals surface area contributed by atoms with Gasteiger partial charge in [-0.1, -0.05) is 11.6 Å². The number of ether oxygens (including phenoxy) is 1. The summed E-state index contributed by atoms with van der Waals surface area (Å²) < 4.78 is 5.05. The lowest BCUT2D eigenvalue weighted by molar-refractivity contribution is -0.113. The Morgan fingerprint density at radius 2 is 2.19 bits per heavy atom. The van der Waals surface area contributed by atoms with Gasteiger partial charge in [0.05, 0.1) is 12.1 Å². The molecule has 84 valence electrons. The minimum atomic E-state index is -0.635. The lowest BCUT2D eigenvalue weighted by Crippen LogP contribution is -2.25. The van der Waals surface area contributed by atoms with Crippen LogP contribution in [0.25, 0.3) is 0 Å². The number of carbonyl (C=O) groups is 1. The van der Waals surface area contributed by atoms with Gasteiger partial charge in [-0.25, -0.2) is 0 Å². The fraction of sp³-hybridized carbons (Fsp3) is 0.273. The first kappa shape index (κ1) is 12.3. The Morgan fingerprint density at radius 1 is 1.56 bits per heavy atom. The van der Waals surface area contributed by atoms with Gasteiger partial charge in [0, 0.05) is 12.7 Å². The molecule has 0 radical (unpaired) electrons. The topological polar surface area (TPSA) is 53.3 Å². The van der Waals surface area contributed by atoms with Gasteiger partial charge in [0.15, 0.2) is 6.07 Å². The summed E-state index contributed by atoms with van der Waals surface area (Å²) in [5.41, 5.74) is 1.41. The molecule has 0 heterocycles. The second kappa shape index (κ2) is 4.86. The molecule has 4 nitrogen and oxygen atoms in total. The molecule has 0 bridgehead atoms. The number of anilines is 1. The zero-order valence-electron chi connectivity index (χ0n) is 9.24. The Hall–Kier alpha value is -1.73. The predicted molar refractivity (Wildman–Crippen MR) is 61.8 cm³/mol. The minimum absolute atomic E-state index is 0.403. The van der Waals surface area contributed by atoms with Crippen LogP contribution in [0.2, 0.25) is 5.02 Å². The first-order valence-electron chi connectivity index (χ1n) is 4.53. The third kappa shape index (κ3) is 2.26. The Kier molecular flexibility index (Phi) is 3.75. The zero-order valence-corrected chi connectivity index (χ0v) is 10.00. The van der Waals surface area contributed by atoms with Crippen molar-refractivity contribution in [1.82, 2.24) is 0 Å². The highest BCUT2D eigenvalue weighted by Crippen LogP contribution is 2.32. The maximum Gasteiger partial charge on any atom is 0.329 e. The van der Waals surface area contributed by atoms with E-state index in [-0.39, 0.29) is 0 Å². The van der Waals surface area contributed by atoms with E-state index in [2.05, 4.69) is 0 Å². The summed E-state index contributed by atoms with van der Waals surface area (Å²) in [7, 11) is 3.04. The number of amides is 1. The molecule has 1 rings (SSSR count). The summed E-state index contributed by atoms with van der Waals surface area (Å²) >= 11 is 5.95. The molecule has 0 aliphatic carbocycles. The van der Waals surface area contributed by atoms with E-state index in [4.69, 9.17) is 21.6 Å². The van der Waals surface area contributed by atoms with Crippen molar-refractivity contribution in [3.63, 3.8) is 0 Å². The van der Waals surface area contributed by atoms with Crippen LogP contribution in [0.15, 0.2) is 12.1 Å². The van der Waals surface area contributed by atoms with E-state index in [1.165, 1.54) is 19.1 Å². The average molecular weight is 239 g/mol. The second-order valence-corrected chi connectivity index (χ2v) is 3.66. The summed E-state index contributed by atoms with van der Waals surface area (Å²) in [6.07, 6.45) is 0. The summed E-state index contributed by atoms with van der Waals surface area (Å²) in [4.78, 5) is 12.5. The number of halogens is 1. The molecule has 0 aliphatic heterocycles. The molecule has 0 saturated heterocycles. The number of carbonyl (C=O) groups excluding carboxylic acids is 1. The van der Waals surface area contributed by atoms with Crippen LogP contribution in [0.1, 0.15) is 5.56 Å². The van der Waals surface area contributed by atoms with Crippen molar-refractivity contribution in [2.75, 3.05) is 19.1 Å². The molecule has 0 fully saturated rings. The van der Waals surface area contributed by atoms with E-state index in [1.54, 1.807) is 18.2 Å². The second-order valence-electron chi connectivity index (χ2n) is 3.25. The summed E-state index contributed by atoms with van der Waals surface area (Å²) in [5.74, 6) is -0.0925. The van der Waals surface area contributed by atoms with Gasteiger partial charge in [-0.15, -0.1) is 0 Å². The lowest BCUT2D eigenvalue weighted by atomic mass is 10.1. The quantitative estimate of drug-likeness (QED) is 0.742. The van der Waals surface area contributed by atoms with Gasteiger partial charge in [-0.05, 0) is 24.6 Å². The van der Waals surface area contributed by atoms with E-state index in [1.807, 2.05) is 6.92 Å². The number of hydrogen-bond donors (Lipinski definition) is 0. The Morgan fingerprint density at radius 3 is 2.69 bits per heavy atom. The van der Waals surface area contributed by atoms with Crippen LogP contribution in [0.3, 0.4) is 0 Å². The largest absolute Gasteiger partial charge is 0.495 e. The Bertz CT molecular complexity index is 466. The van der Waals surface area contributed by atoms with Crippen LogP contribution in [-0.4, -0.2) is 20.1 Å². The number of benzene rings is 1. The predicted octanol–water partition coefficient (Wildman–Crippen LogP) is 2.14. The summed E-state index contributed by atoms with van der Waals surface area (Å²) in [5, 5.41) is 8.93. The van der Waals surface area contributed by atoms with Crippen LogP contribution in [0.4, 0.5) is 5.69 Å². The molecule has 5 heteroatoms. The van der Waals surface area contributed by atoms with Crippen LogP contribution in [0.5, 0.6) is 5.75 Å². The molecule has 0 spiro atoms. The monoisotopic (exact) mass is 238 g/mol. The van der Waals surface area contributed by atoms with E-state index >= 15 is 0 Å². The molecular formula is C11H11ClN2O2. The van der Waals surface area contributed by atoms with Crippen molar-refractivity contribution in [3.05, 3.63) is 22.7 Å². The van der Waals surface area contributed by atoms with Crippen molar-refractivity contribution in [1.29, 1.82) is 5.26 Å². The maximum atomic E-state index is 11.2. The van der Waals surface area contributed by atoms with Gasteiger partial charge in [-0.2, -0.15) is 5.26 Å². The summed E-state index contributed by atoms with van der Waals surface area (Å²) in [6, 6.07) is 4.87. The van der Waals surface area contributed by atoms with E-state index in [0.717, 1.165) is 5.56 Å². The molecule has 0 atom stereocenters. The molecule has 0 aromatic heterocycles. The molecular weight excluding hydrogens is 228 g/mol. The fourth-order valence-electron chi connectivity index (χ4n) is 1.35. The third-order valence-corrected chi connectivity index (χ3v) is 2.53. The highest BCUT2D eigenvalue weighted by molar-refractivity contribution is 6.32. The van der Waals surface area contributed by atoms with Crippen molar-refractivity contribution in [2.45, 2.75) is 6.92 Å². The fourth-order valence-corrected chi connectivity index (χ4v) is 1.58. The number of rotatable bonds is 2. The van der Waals surface area contributed by atoms with Crippen LogP contribution in [0, 0.1) is 18.3 Å². The van der Waals surface area contributed by atoms with Crippen LogP contribution < -0.4 is 9.64 Å². The highest BCUT2D eigenvalue weighted by atomic mass is 35.5. The van der Waals surface area contributed by atoms with Crippen molar-refractivity contribution in [2.24, 2.45) is 0 Å². The molecule has 1 aromatic rings. The normalized spacial score (nSPS) is 9.44. The Labute approximate surface area is 99.0 Å². The first-order valence-corrected chi connectivity index (χ1v) is 4.91. The van der Waals surface area contributed by atoms with Gasteiger partial charge in [0.2, 0.25) is 0 Å². The number of nitriles is 1. The highest BCUT2D eigenvalue weighted by Gasteiger charge is 2.14. The SMILES string of the molecule is COc1cc(C)c(N(C)C(=O)C#N)cc1Cl. The number of aryl methyl sites for hydroxylation is 1. The molecule has 0 unspecified atom stereocenters. The van der Waals surface area contributed by atoms with Gasteiger partial charge in [0.25, 0.3) is 0 Å². The zero-order chi connectivity index (χ0) is 12.3. The van der Waals surface area contributed by atoms with E-state index < -0.39 is 5.91 Å². The van der Waals surface area contributed by atoms with Gasteiger partial charge < -0.3 is 9.64 Å². The van der Waals surface area contributed by atoms with Crippen molar-refractivity contribution >= 4 is 23.2 Å². The molecule has 16 heavy (non-hydrogen) atoms. The van der Waals surface area contributed by atoms with Crippen LogP contribution in [-0.2, 0) is 4.79 Å². The number of methoxy groups -OCH3 is 1. The minimum Gasteiger partial charge on any atom is -0.495 e. The number of nitrogens with zero attached hydrogens (tertiary/aromatic N) is 2. The van der Waals surface area contributed by atoms with E-state index in [0.29, 0.717) is 16.5 Å². The average Bonchev–Trinajstić information content (AvgIpc) is 2.29. The van der Waals surface area contributed by atoms with Gasteiger partial charge in [-0.3, -0.25) is 4.79 Å². The van der Waals surface area contributed by atoms with Crippen molar-refractivity contribution < 1.29 is 9.53 Å². The standard InChI is InChI=1S/C11H11ClN2O2/c1-7-4-10(16-3)8(12)5-9(7)14(2)11(15)6-13/h4-5H,1-3H3. The Balaban J connectivity index is 3.22. The van der Waals surface area contributed by atoms with E-state index in [9.17, 15) is 4.79 Å². The van der Waals surface area contributed by atoms with Crippen molar-refractivity contribution in [3.8, 4) is 11.8 Å².